The number of amides is 1. The van der Waals surface area contributed by atoms with E-state index in [9.17, 15) is 31.1 Å². The van der Waals surface area contributed by atoms with Gasteiger partial charge in [-0.25, -0.2) is 0 Å². The summed E-state index contributed by atoms with van der Waals surface area (Å²) in [6.45, 7) is 0.0819. The van der Waals surface area contributed by atoms with Crippen molar-refractivity contribution in [3.05, 3.63) is 69.7 Å². The third-order valence-electron chi connectivity index (χ3n) is 3.54. The van der Waals surface area contributed by atoms with Gasteiger partial charge in [0.25, 0.3) is 5.91 Å². The van der Waals surface area contributed by atoms with Crippen molar-refractivity contribution in [2.24, 2.45) is 0 Å². The van der Waals surface area contributed by atoms with Gasteiger partial charge in [-0.1, -0.05) is 23.7 Å². The molecule has 2 rings (SSSR count). The van der Waals surface area contributed by atoms with Gasteiger partial charge in [-0.2, -0.15) is 26.3 Å². The van der Waals surface area contributed by atoms with Gasteiger partial charge in [0.05, 0.1) is 24.3 Å². The lowest BCUT2D eigenvalue weighted by molar-refractivity contribution is -0.143. The van der Waals surface area contributed by atoms with Crippen molar-refractivity contribution in [2.75, 3.05) is 13.2 Å². The first kappa shape index (κ1) is 22.0. The second-order valence-corrected chi connectivity index (χ2v) is 6.17. The van der Waals surface area contributed by atoms with Crippen LogP contribution in [0.25, 0.3) is 0 Å². The first-order valence-corrected chi connectivity index (χ1v) is 8.24. The molecule has 0 atom stereocenters. The molecule has 1 N–H and O–H groups in total. The van der Waals surface area contributed by atoms with Crippen molar-refractivity contribution < 1.29 is 35.9 Å². The molecule has 0 spiro atoms. The Morgan fingerprint density at radius 3 is 2.11 bits per heavy atom. The molecule has 0 aliphatic heterocycles. The monoisotopic (exact) mass is 425 g/mol. The van der Waals surface area contributed by atoms with Crippen molar-refractivity contribution >= 4 is 17.5 Å². The highest BCUT2D eigenvalue weighted by atomic mass is 35.5. The maximum atomic E-state index is 12.8. The largest absolute Gasteiger partial charge is 0.416 e. The Morgan fingerprint density at radius 1 is 0.964 bits per heavy atom. The normalized spacial score (nSPS) is 12.1. The first-order chi connectivity index (χ1) is 13.0. The van der Waals surface area contributed by atoms with Gasteiger partial charge in [0.15, 0.2) is 0 Å². The minimum absolute atomic E-state index is 0.00332. The van der Waals surface area contributed by atoms with Gasteiger partial charge in [0.1, 0.15) is 0 Å². The molecule has 2 aromatic rings. The zero-order chi connectivity index (χ0) is 20.9. The predicted octanol–water partition coefficient (Wildman–Crippen LogP) is 5.32. The Kier molecular flexibility index (Phi) is 6.95. The first-order valence-electron chi connectivity index (χ1n) is 7.86. The molecule has 2 aromatic carbocycles. The van der Waals surface area contributed by atoms with Crippen LogP contribution in [-0.2, 0) is 23.7 Å². The molecule has 28 heavy (non-hydrogen) atoms. The number of ether oxygens (including phenoxy) is 1. The average molecular weight is 426 g/mol. The van der Waals surface area contributed by atoms with Crippen LogP contribution in [0.15, 0.2) is 42.5 Å². The Bertz CT molecular complexity index is 803. The minimum Gasteiger partial charge on any atom is -0.375 e. The van der Waals surface area contributed by atoms with Gasteiger partial charge in [-0.15, -0.1) is 0 Å². The molecule has 0 aliphatic rings. The zero-order valence-electron chi connectivity index (χ0n) is 14.1. The van der Waals surface area contributed by atoms with Crippen LogP contribution < -0.4 is 5.32 Å². The highest BCUT2D eigenvalue weighted by Gasteiger charge is 2.37. The number of benzene rings is 2. The van der Waals surface area contributed by atoms with Gasteiger partial charge in [-0.05, 0) is 35.9 Å². The van der Waals surface area contributed by atoms with Gasteiger partial charge < -0.3 is 10.1 Å². The highest BCUT2D eigenvalue weighted by molar-refractivity contribution is 6.30. The fraction of sp³-hybridized carbons (Fsp3) is 0.278. The second-order valence-electron chi connectivity index (χ2n) is 5.73. The molecule has 1 amide bonds. The quantitative estimate of drug-likeness (QED) is 0.502. The van der Waals surface area contributed by atoms with Gasteiger partial charge >= 0.3 is 12.4 Å². The molecule has 0 saturated heterocycles. The smallest absolute Gasteiger partial charge is 0.375 e. The fourth-order valence-electron chi connectivity index (χ4n) is 2.24. The fourth-order valence-corrected chi connectivity index (χ4v) is 2.45. The molecule has 0 aromatic heterocycles. The van der Waals surface area contributed by atoms with Crippen LogP contribution in [-0.4, -0.2) is 19.1 Å². The lowest BCUT2D eigenvalue weighted by Gasteiger charge is -2.14. The molecule has 0 unspecified atom stereocenters. The third-order valence-corrected chi connectivity index (χ3v) is 3.77. The number of halogens is 7. The van der Waals surface area contributed by atoms with Crippen LogP contribution in [0.5, 0.6) is 0 Å². The Labute approximate surface area is 161 Å². The molecule has 152 valence electrons. The third kappa shape index (κ3) is 6.42. The summed E-state index contributed by atoms with van der Waals surface area (Å²) < 4.78 is 82.2. The van der Waals surface area contributed by atoms with Crippen molar-refractivity contribution in [2.45, 2.75) is 19.0 Å². The van der Waals surface area contributed by atoms with E-state index in [1.165, 1.54) is 0 Å². The Balaban J connectivity index is 1.97. The molecular weight excluding hydrogens is 412 g/mol. The van der Waals surface area contributed by atoms with Gasteiger partial charge in [-0.3, -0.25) is 4.79 Å². The van der Waals surface area contributed by atoms with E-state index in [-0.39, 0.29) is 25.8 Å². The number of hydrogen-bond donors (Lipinski definition) is 1. The molecule has 0 radical (unpaired) electrons. The summed E-state index contributed by atoms with van der Waals surface area (Å²) in [5.41, 5.74) is -3.07. The summed E-state index contributed by atoms with van der Waals surface area (Å²) in [4.78, 5) is 12.0. The topological polar surface area (TPSA) is 38.3 Å². The van der Waals surface area contributed by atoms with E-state index < -0.39 is 35.0 Å². The molecular formula is C18H14ClF6NO2. The molecule has 0 aliphatic carbocycles. The number of alkyl halides is 6. The summed E-state index contributed by atoms with van der Waals surface area (Å²) in [5, 5.41) is 2.74. The minimum atomic E-state index is -5.02. The van der Waals surface area contributed by atoms with Crippen LogP contribution in [0.2, 0.25) is 5.02 Å². The van der Waals surface area contributed by atoms with Crippen molar-refractivity contribution in [3.8, 4) is 0 Å². The summed E-state index contributed by atoms with van der Waals surface area (Å²) in [6.07, 6.45) is -10.0. The van der Waals surface area contributed by atoms with E-state index >= 15 is 0 Å². The second kappa shape index (κ2) is 8.83. The number of carbonyl (C=O) groups excluding carboxylic acids is 1. The molecule has 0 fully saturated rings. The number of rotatable bonds is 6. The SMILES string of the molecule is O=C(NCCOCc1cccc(Cl)c1)c1cc(C(F)(F)F)cc(C(F)(F)F)c1. The summed E-state index contributed by atoms with van der Waals surface area (Å²) >= 11 is 5.81. The number of carbonyl (C=O) groups is 1. The van der Waals surface area contributed by atoms with E-state index in [0.29, 0.717) is 17.2 Å². The molecule has 0 heterocycles. The van der Waals surface area contributed by atoms with E-state index in [4.69, 9.17) is 16.3 Å². The standard InChI is InChI=1S/C18H14ClF6NO2/c19-15-3-1-2-11(6-15)10-28-5-4-26-16(27)12-7-13(17(20,21)22)9-14(8-12)18(23,24)25/h1-3,6-9H,4-5,10H2,(H,26,27). The van der Waals surface area contributed by atoms with E-state index in [1.54, 1.807) is 24.3 Å². The van der Waals surface area contributed by atoms with Crippen LogP contribution >= 0.6 is 11.6 Å². The van der Waals surface area contributed by atoms with Crippen molar-refractivity contribution in [1.82, 2.24) is 5.32 Å². The molecule has 10 heteroatoms. The number of nitrogens with one attached hydrogen (secondary N) is 1. The van der Waals surface area contributed by atoms with E-state index in [2.05, 4.69) is 5.32 Å². The predicted molar refractivity (Wildman–Crippen MR) is 89.9 cm³/mol. The Morgan fingerprint density at radius 2 is 1.57 bits per heavy atom. The maximum absolute atomic E-state index is 12.8. The molecule has 0 bridgehead atoms. The number of hydrogen-bond acceptors (Lipinski definition) is 2. The summed E-state index contributed by atoms with van der Waals surface area (Å²) in [7, 11) is 0. The molecule has 0 saturated carbocycles. The van der Waals surface area contributed by atoms with Crippen LogP contribution in [0.1, 0.15) is 27.0 Å². The van der Waals surface area contributed by atoms with Gasteiger partial charge in [0, 0.05) is 17.1 Å². The summed E-state index contributed by atoms with van der Waals surface area (Å²) in [6, 6.07) is 7.52. The molecule has 3 nitrogen and oxygen atoms in total. The van der Waals surface area contributed by atoms with Crippen LogP contribution in [0.4, 0.5) is 26.3 Å². The maximum Gasteiger partial charge on any atom is 0.416 e. The van der Waals surface area contributed by atoms with E-state index in [1.807, 2.05) is 0 Å². The van der Waals surface area contributed by atoms with Crippen LogP contribution in [0.3, 0.4) is 0 Å². The lowest BCUT2D eigenvalue weighted by Crippen LogP contribution is -2.28. The highest BCUT2D eigenvalue weighted by Crippen LogP contribution is 2.36. The van der Waals surface area contributed by atoms with Gasteiger partial charge in [0.2, 0.25) is 0 Å². The Hall–Kier alpha value is -2.26. The van der Waals surface area contributed by atoms with Crippen molar-refractivity contribution in [3.63, 3.8) is 0 Å². The zero-order valence-corrected chi connectivity index (χ0v) is 14.9. The van der Waals surface area contributed by atoms with Crippen LogP contribution in [0, 0.1) is 0 Å². The van der Waals surface area contributed by atoms with Crippen molar-refractivity contribution in [1.29, 1.82) is 0 Å². The lowest BCUT2D eigenvalue weighted by atomic mass is 10.0. The van der Waals surface area contributed by atoms with E-state index in [0.717, 1.165) is 5.56 Å². The average Bonchev–Trinajstić information content (AvgIpc) is 2.59. The summed E-state index contributed by atoms with van der Waals surface area (Å²) in [5.74, 6) is -1.07.